The molecule has 0 aliphatic rings. The molecular weight excluding hydrogens is 397 g/mol. The summed E-state index contributed by atoms with van der Waals surface area (Å²) in [6.07, 6.45) is 4.73. The highest BCUT2D eigenvalue weighted by Gasteiger charge is 2.20. The molecular formula is C16H15Cl2N5O2S. The highest BCUT2D eigenvalue weighted by atomic mass is 35.5. The first-order valence-corrected chi connectivity index (χ1v) is 9.76. The summed E-state index contributed by atoms with van der Waals surface area (Å²) in [7, 11) is -2.09. The van der Waals surface area contributed by atoms with Gasteiger partial charge >= 0.3 is 0 Å². The molecule has 10 heteroatoms. The van der Waals surface area contributed by atoms with E-state index in [1.54, 1.807) is 43.3 Å². The maximum absolute atomic E-state index is 12.6. The standard InChI is InChI=1S/C16H15Cl2N5O2S/c1-10-5-16(13(18)7-12(10)17)26(24,25)21-8-11-6-14(22-23(11)2)15-9-19-3-4-20-15/h3-7,9,21H,8H2,1-2H3. The van der Waals surface area contributed by atoms with Crippen molar-refractivity contribution in [1.29, 1.82) is 0 Å². The molecule has 7 nitrogen and oxygen atoms in total. The number of rotatable bonds is 5. The molecule has 2 heterocycles. The SMILES string of the molecule is Cc1cc(S(=O)(=O)NCc2cc(-c3cnccn3)nn2C)c(Cl)cc1Cl. The van der Waals surface area contributed by atoms with Crippen LogP contribution in [0.3, 0.4) is 0 Å². The van der Waals surface area contributed by atoms with E-state index in [4.69, 9.17) is 23.2 Å². The van der Waals surface area contributed by atoms with Crippen molar-refractivity contribution in [3.8, 4) is 11.4 Å². The number of nitrogens with one attached hydrogen (secondary N) is 1. The van der Waals surface area contributed by atoms with E-state index in [0.717, 1.165) is 0 Å². The van der Waals surface area contributed by atoms with E-state index in [2.05, 4.69) is 19.8 Å². The molecule has 0 fully saturated rings. The summed E-state index contributed by atoms with van der Waals surface area (Å²) in [4.78, 5) is 8.17. The van der Waals surface area contributed by atoms with Gasteiger partial charge in [-0.2, -0.15) is 5.10 Å². The highest BCUT2D eigenvalue weighted by molar-refractivity contribution is 7.89. The van der Waals surface area contributed by atoms with Gasteiger partial charge in [0.15, 0.2) is 0 Å². The summed E-state index contributed by atoms with van der Waals surface area (Å²) in [5.74, 6) is 0. The smallest absolute Gasteiger partial charge is 0.242 e. The lowest BCUT2D eigenvalue weighted by Gasteiger charge is -2.10. The molecule has 0 atom stereocenters. The number of halogens is 2. The zero-order chi connectivity index (χ0) is 18.9. The summed E-state index contributed by atoms with van der Waals surface area (Å²) in [6.45, 7) is 1.76. The van der Waals surface area contributed by atoms with Gasteiger partial charge < -0.3 is 0 Å². The second-order valence-corrected chi connectivity index (χ2v) is 8.14. The van der Waals surface area contributed by atoms with Gasteiger partial charge in [0.05, 0.1) is 23.5 Å². The van der Waals surface area contributed by atoms with Gasteiger partial charge in [-0.05, 0) is 30.7 Å². The van der Waals surface area contributed by atoms with Crippen molar-refractivity contribution < 1.29 is 8.42 Å². The zero-order valence-corrected chi connectivity index (χ0v) is 16.3. The molecule has 3 aromatic rings. The van der Waals surface area contributed by atoms with Crippen molar-refractivity contribution in [3.63, 3.8) is 0 Å². The van der Waals surface area contributed by atoms with E-state index < -0.39 is 10.0 Å². The van der Waals surface area contributed by atoms with E-state index in [-0.39, 0.29) is 16.5 Å². The minimum absolute atomic E-state index is 0.0163. The first kappa shape index (κ1) is 18.8. The number of nitrogens with zero attached hydrogens (tertiary/aromatic N) is 4. The molecule has 0 saturated carbocycles. The molecule has 0 amide bonds. The van der Waals surface area contributed by atoms with Crippen LogP contribution in [-0.2, 0) is 23.6 Å². The van der Waals surface area contributed by atoms with Crippen molar-refractivity contribution >= 4 is 33.2 Å². The molecule has 0 unspecified atom stereocenters. The fourth-order valence-electron chi connectivity index (χ4n) is 2.31. The molecule has 2 aromatic heterocycles. The van der Waals surface area contributed by atoms with Gasteiger partial charge in [0.2, 0.25) is 10.0 Å². The number of hydrogen-bond donors (Lipinski definition) is 1. The first-order chi connectivity index (χ1) is 12.3. The number of aromatic nitrogens is 4. The molecule has 0 aliphatic carbocycles. The Balaban J connectivity index is 1.83. The van der Waals surface area contributed by atoms with Crippen LogP contribution in [0.2, 0.25) is 10.0 Å². The molecule has 26 heavy (non-hydrogen) atoms. The van der Waals surface area contributed by atoms with Gasteiger partial charge in [-0.15, -0.1) is 0 Å². The number of hydrogen-bond acceptors (Lipinski definition) is 5. The molecule has 1 N–H and O–H groups in total. The Morgan fingerprint density at radius 1 is 1.12 bits per heavy atom. The fraction of sp³-hybridized carbons (Fsp3) is 0.188. The quantitative estimate of drug-likeness (QED) is 0.696. The Morgan fingerprint density at radius 2 is 1.88 bits per heavy atom. The first-order valence-electron chi connectivity index (χ1n) is 7.52. The van der Waals surface area contributed by atoms with Gasteiger partial charge in [0.25, 0.3) is 0 Å². The Kier molecular flexibility index (Phi) is 5.29. The van der Waals surface area contributed by atoms with E-state index in [1.165, 1.54) is 12.1 Å². The summed E-state index contributed by atoms with van der Waals surface area (Å²) >= 11 is 12.0. The van der Waals surface area contributed by atoms with Crippen molar-refractivity contribution in [3.05, 3.63) is 58.1 Å². The lowest BCUT2D eigenvalue weighted by molar-refractivity contribution is 0.577. The average Bonchev–Trinajstić information content (AvgIpc) is 2.98. The van der Waals surface area contributed by atoms with E-state index in [1.807, 2.05) is 0 Å². The Morgan fingerprint density at radius 3 is 2.58 bits per heavy atom. The van der Waals surface area contributed by atoms with Crippen LogP contribution in [0.25, 0.3) is 11.4 Å². The highest BCUT2D eigenvalue weighted by Crippen LogP contribution is 2.28. The third-order valence-electron chi connectivity index (χ3n) is 3.75. The Hall–Kier alpha value is -2.00. The Labute approximate surface area is 161 Å². The second-order valence-electron chi connectivity index (χ2n) is 5.59. The van der Waals surface area contributed by atoms with Gasteiger partial charge in [0, 0.05) is 24.5 Å². The molecule has 1 aromatic carbocycles. The molecule has 0 aliphatic heterocycles. The van der Waals surface area contributed by atoms with Crippen molar-refractivity contribution in [2.45, 2.75) is 18.4 Å². The average molecular weight is 412 g/mol. The number of aryl methyl sites for hydroxylation is 2. The van der Waals surface area contributed by atoms with Crippen LogP contribution in [0.5, 0.6) is 0 Å². The van der Waals surface area contributed by atoms with Gasteiger partial charge in [0.1, 0.15) is 16.3 Å². The van der Waals surface area contributed by atoms with E-state index in [9.17, 15) is 8.42 Å². The van der Waals surface area contributed by atoms with E-state index in [0.29, 0.717) is 27.7 Å². The van der Waals surface area contributed by atoms with Crippen LogP contribution in [0, 0.1) is 6.92 Å². The fourth-order valence-corrected chi connectivity index (χ4v) is 4.14. The zero-order valence-electron chi connectivity index (χ0n) is 13.9. The van der Waals surface area contributed by atoms with Crippen LogP contribution in [0.1, 0.15) is 11.3 Å². The Bertz CT molecular complexity index is 1050. The van der Waals surface area contributed by atoms with Crippen LogP contribution >= 0.6 is 23.2 Å². The predicted molar refractivity (Wildman–Crippen MR) is 99.5 cm³/mol. The van der Waals surface area contributed by atoms with Crippen LogP contribution < -0.4 is 4.72 Å². The van der Waals surface area contributed by atoms with Gasteiger partial charge in [-0.3, -0.25) is 14.6 Å². The van der Waals surface area contributed by atoms with Crippen LogP contribution in [0.15, 0.2) is 41.7 Å². The second kappa shape index (κ2) is 7.32. The lowest BCUT2D eigenvalue weighted by atomic mass is 10.2. The van der Waals surface area contributed by atoms with E-state index >= 15 is 0 Å². The molecule has 136 valence electrons. The van der Waals surface area contributed by atoms with Crippen molar-refractivity contribution in [1.82, 2.24) is 24.5 Å². The topological polar surface area (TPSA) is 89.8 Å². The summed E-state index contributed by atoms with van der Waals surface area (Å²) < 4.78 is 29.3. The molecule has 3 rings (SSSR count). The monoisotopic (exact) mass is 411 g/mol. The van der Waals surface area contributed by atoms with Crippen molar-refractivity contribution in [2.24, 2.45) is 7.05 Å². The lowest BCUT2D eigenvalue weighted by Crippen LogP contribution is -2.24. The van der Waals surface area contributed by atoms with Gasteiger partial charge in [-0.1, -0.05) is 23.2 Å². The minimum atomic E-state index is -3.81. The largest absolute Gasteiger partial charge is 0.271 e. The third-order valence-corrected chi connectivity index (χ3v) is 6.02. The van der Waals surface area contributed by atoms with Crippen molar-refractivity contribution in [2.75, 3.05) is 0 Å². The maximum atomic E-state index is 12.6. The predicted octanol–water partition coefficient (Wildman–Crippen LogP) is 2.97. The summed E-state index contributed by atoms with van der Waals surface area (Å²) in [5, 5.41) is 4.81. The molecule has 0 bridgehead atoms. The number of sulfonamides is 1. The molecule has 0 saturated heterocycles. The number of benzene rings is 1. The summed E-state index contributed by atoms with van der Waals surface area (Å²) in [5.41, 5.74) is 2.50. The third kappa shape index (κ3) is 3.88. The van der Waals surface area contributed by atoms with Gasteiger partial charge in [-0.25, -0.2) is 13.1 Å². The van der Waals surface area contributed by atoms with Crippen LogP contribution in [0.4, 0.5) is 0 Å². The van der Waals surface area contributed by atoms with Crippen LogP contribution in [-0.4, -0.2) is 28.2 Å². The maximum Gasteiger partial charge on any atom is 0.242 e. The molecule has 0 radical (unpaired) electrons. The molecule has 0 spiro atoms. The normalized spacial score (nSPS) is 11.7. The summed E-state index contributed by atoms with van der Waals surface area (Å²) in [6, 6.07) is 4.62. The minimum Gasteiger partial charge on any atom is -0.271 e.